The second-order valence-electron chi connectivity index (χ2n) is 13.9. The van der Waals surface area contributed by atoms with Gasteiger partial charge in [-0.05, 0) is 47.5 Å². The molecule has 0 unspecified atom stereocenters. The van der Waals surface area contributed by atoms with E-state index in [0.29, 0.717) is 24.0 Å². The van der Waals surface area contributed by atoms with Crippen LogP contribution >= 0.6 is 0 Å². The number of rotatable bonds is 6. The summed E-state index contributed by atoms with van der Waals surface area (Å²) in [7, 11) is 0. The van der Waals surface area contributed by atoms with Crippen LogP contribution in [0.3, 0.4) is 0 Å². The predicted octanol–water partition coefficient (Wildman–Crippen LogP) is 1.65. The Bertz CT molecular complexity index is 2100. The van der Waals surface area contributed by atoms with Crippen molar-refractivity contribution in [3.8, 4) is 23.0 Å². The molecule has 0 bridgehead atoms. The summed E-state index contributed by atoms with van der Waals surface area (Å²) in [4.78, 5) is 51.1. The third-order valence-electron chi connectivity index (χ3n) is 10.0. The highest BCUT2D eigenvalue weighted by Gasteiger charge is 2.36. The number of aromatic hydroxyl groups is 4. The SMILES string of the molecule is N[C@@H]1C[C@@H](OCc2cc(O)c3c(c2)C(=O)c2cccc(O)c2C3=O)OC[C@@H]1O.N[C@@H]1C[C@H](OCc2cc(O)c3c(c2)C(=O)c2cccc(O)c2C3=O)OC[C@@H]1O. The molecule has 8 rings (SSSR count). The molecular formula is C40H38N2O14. The largest absolute Gasteiger partial charge is 0.507 e. The molecule has 16 nitrogen and oxygen atoms in total. The van der Waals surface area contributed by atoms with Crippen LogP contribution in [0.15, 0.2) is 60.7 Å². The lowest BCUT2D eigenvalue weighted by Gasteiger charge is -2.31. The summed E-state index contributed by atoms with van der Waals surface area (Å²) < 4.78 is 22.0. The Labute approximate surface area is 318 Å². The van der Waals surface area contributed by atoms with E-state index in [1.54, 1.807) is 0 Å². The van der Waals surface area contributed by atoms with Crippen LogP contribution < -0.4 is 11.5 Å². The molecule has 2 aliphatic heterocycles. The highest BCUT2D eigenvalue weighted by molar-refractivity contribution is 6.31. The molecule has 2 heterocycles. The first kappa shape index (κ1) is 38.7. The summed E-state index contributed by atoms with van der Waals surface area (Å²) in [5, 5.41) is 59.8. The van der Waals surface area contributed by atoms with E-state index >= 15 is 0 Å². The maximum atomic E-state index is 12.8. The second-order valence-corrected chi connectivity index (χ2v) is 13.9. The average Bonchev–Trinajstić information content (AvgIpc) is 3.16. The smallest absolute Gasteiger partial charge is 0.201 e. The number of phenolic OH excluding ortho intramolecular Hbond substituents is 4. The summed E-state index contributed by atoms with van der Waals surface area (Å²) in [6.07, 6.45) is -2.11. The molecule has 2 aliphatic carbocycles. The van der Waals surface area contributed by atoms with Gasteiger partial charge >= 0.3 is 0 Å². The van der Waals surface area contributed by atoms with Crippen molar-refractivity contribution in [3.05, 3.63) is 116 Å². The lowest BCUT2D eigenvalue weighted by Crippen LogP contribution is -2.47. The standard InChI is InChI=1S/2C20H19NO7/c2*21-12-6-16(28-8-15(12)24)27-7-9-4-11-18(14(23)5-9)20(26)17-10(19(11)25)2-1-3-13(17)22/h2*1-5,12,15-16,22-24H,6-8,21H2/t12-,15+,16+;12-,15+,16-/m11/s1. The number of benzene rings is 4. The molecule has 0 amide bonds. The number of ether oxygens (including phenoxy) is 4. The van der Waals surface area contributed by atoms with Gasteiger partial charge in [0.15, 0.2) is 24.1 Å². The van der Waals surface area contributed by atoms with Crippen molar-refractivity contribution in [3.63, 3.8) is 0 Å². The first-order valence-electron chi connectivity index (χ1n) is 17.6. The number of fused-ring (bicyclic) bond motifs is 4. The molecule has 2 saturated heterocycles. The fourth-order valence-corrected chi connectivity index (χ4v) is 7.01. The zero-order valence-electron chi connectivity index (χ0n) is 29.6. The van der Waals surface area contributed by atoms with Gasteiger partial charge in [0.05, 0.1) is 60.9 Å². The van der Waals surface area contributed by atoms with E-state index in [4.69, 9.17) is 30.4 Å². The van der Waals surface area contributed by atoms with Crippen molar-refractivity contribution in [2.24, 2.45) is 11.5 Å². The van der Waals surface area contributed by atoms with Gasteiger partial charge in [0.1, 0.15) is 23.0 Å². The fraction of sp³-hybridized carbons (Fsp3) is 0.300. The van der Waals surface area contributed by atoms with E-state index in [0.717, 1.165) is 0 Å². The van der Waals surface area contributed by atoms with Crippen molar-refractivity contribution in [1.82, 2.24) is 0 Å². The van der Waals surface area contributed by atoms with Crippen LogP contribution in [0.1, 0.15) is 87.7 Å². The van der Waals surface area contributed by atoms with Gasteiger partial charge in [-0.25, -0.2) is 0 Å². The van der Waals surface area contributed by atoms with Gasteiger partial charge < -0.3 is 61.1 Å². The first-order valence-corrected chi connectivity index (χ1v) is 17.6. The van der Waals surface area contributed by atoms with Gasteiger partial charge in [-0.2, -0.15) is 0 Å². The summed E-state index contributed by atoms with van der Waals surface area (Å²) in [6.45, 7) is 0.161. The molecule has 292 valence electrons. The maximum absolute atomic E-state index is 12.8. The van der Waals surface area contributed by atoms with Gasteiger partial charge in [-0.1, -0.05) is 24.3 Å². The minimum Gasteiger partial charge on any atom is -0.507 e. The molecule has 0 saturated carbocycles. The third kappa shape index (κ3) is 7.27. The van der Waals surface area contributed by atoms with Crippen LogP contribution in [0.4, 0.5) is 0 Å². The Hall–Kier alpha value is -5.56. The zero-order chi connectivity index (χ0) is 40.0. The Morgan fingerprint density at radius 1 is 0.536 bits per heavy atom. The van der Waals surface area contributed by atoms with Crippen LogP contribution in [0.5, 0.6) is 23.0 Å². The molecule has 16 heteroatoms. The molecule has 0 aromatic heterocycles. The quantitative estimate of drug-likeness (QED) is 0.120. The van der Waals surface area contributed by atoms with E-state index in [2.05, 4.69) is 0 Å². The minimum atomic E-state index is -0.743. The summed E-state index contributed by atoms with van der Waals surface area (Å²) in [5.41, 5.74) is 12.3. The summed E-state index contributed by atoms with van der Waals surface area (Å²) in [6, 6.07) is 13.3. The number of nitrogens with two attached hydrogens (primary N) is 2. The third-order valence-corrected chi connectivity index (χ3v) is 10.0. The topological polar surface area (TPSA) is 279 Å². The van der Waals surface area contributed by atoms with Crippen LogP contribution in [-0.4, -0.2) is 104 Å². The number of carbonyl (C=O) groups is 4. The van der Waals surface area contributed by atoms with Crippen molar-refractivity contribution < 1.29 is 68.8 Å². The molecule has 0 radical (unpaired) electrons. The monoisotopic (exact) mass is 770 g/mol. The van der Waals surface area contributed by atoms with E-state index in [-0.39, 0.29) is 93.9 Å². The molecule has 4 aromatic carbocycles. The highest BCUT2D eigenvalue weighted by atomic mass is 16.7. The van der Waals surface area contributed by atoms with Crippen molar-refractivity contribution in [2.75, 3.05) is 13.2 Å². The average molecular weight is 771 g/mol. The number of carbonyl (C=O) groups excluding carboxylic acids is 4. The molecule has 56 heavy (non-hydrogen) atoms. The molecule has 4 aromatic rings. The fourth-order valence-electron chi connectivity index (χ4n) is 7.01. The normalized spacial score (nSPS) is 24.0. The van der Waals surface area contributed by atoms with E-state index in [1.807, 2.05) is 0 Å². The van der Waals surface area contributed by atoms with Gasteiger partial charge in [0.2, 0.25) is 11.6 Å². The molecule has 10 N–H and O–H groups in total. The minimum absolute atomic E-state index is 0.0166. The number of hydrogen-bond donors (Lipinski definition) is 8. The van der Waals surface area contributed by atoms with Crippen LogP contribution in [0, 0.1) is 0 Å². The van der Waals surface area contributed by atoms with Crippen molar-refractivity contribution >= 4 is 23.1 Å². The number of ketones is 4. The van der Waals surface area contributed by atoms with Gasteiger partial charge in [-0.3, -0.25) is 19.2 Å². The lowest BCUT2D eigenvalue weighted by atomic mass is 9.82. The number of phenols is 4. The van der Waals surface area contributed by atoms with E-state index in [1.165, 1.54) is 60.7 Å². The molecule has 6 atom stereocenters. The van der Waals surface area contributed by atoms with E-state index in [9.17, 15) is 49.8 Å². The van der Waals surface area contributed by atoms with Crippen molar-refractivity contribution in [1.29, 1.82) is 0 Å². The second kappa shape index (κ2) is 15.5. The molecule has 0 spiro atoms. The number of aliphatic hydroxyl groups excluding tert-OH is 2. The van der Waals surface area contributed by atoms with Crippen LogP contribution in [0.25, 0.3) is 0 Å². The van der Waals surface area contributed by atoms with Crippen LogP contribution in [-0.2, 0) is 32.2 Å². The zero-order valence-corrected chi connectivity index (χ0v) is 29.6. The highest BCUT2D eigenvalue weighted by Crippen LogP contribution is 2.39. The van der Waals surface area contributed by atoms with Gasteiger partial charge in [-0.15, -0.1) is 0 Å². The Morgan fingerprint density at radius 3 is 1.29 bits per heavy atom. The Kier molecular flexibility index (Phi) is 10.7. The molecular weight excluding hydrogens is 732 g/mol. The molecule has 2 fully saturated rings. The molecule has 4 aliphatic rings. The predicted molar refractivity (Wildman–Crippen MR) is 192 cm³/mol. The number of hydrogen-bond acceptors (Lipinski definition) is 16. The van der Waals surface area contributed by atoms with E-state index < -0.39 is 60.0 Å². The Balaban J connectivity index is 0.000000172. The first-order chi connectivity index (χ1) is 26.7. The lowest BCUT2D eigenvalue weighted by molar-refractivity contribution is -0.197. The van der Waals surface area contributed by atoms with Crippen LogP contribution in [0.2, 0.25) is 0 Å². The van der Waals surface area contributed by atoms with Gasteiger partial charge in [0.25, 0.3) is 0 Å². The summed E-state index contributed by atoms with van der Waals surface area (Å²) >= 11 is 0. The number of aliphatic hydroxyl groups is 2. The maximum Gasteiger partial charge on any atom is 0.201 e. The Morgan fingerprint density at radius 2 is 0.911 bits per heavy atom. The summed E-state index contributed by atoms with van der Waals surface area (Å²) in [5.74, 6) is -3.47. The van der Waals surface area contributed by atoms with Crippen molar-refractivity contribution in [2.45, 2.75) is 62.9 Å². The van der Waals surface area contributed by atoms with Gasteiger partial charge in [0, 0.05) is 47.2 Å².